The third-order valence-electron chi connectivity index (χ3n) is 9.57. The molecule has 3 heterocycles. The van der Waals surface area contributed by atoms with Crippen LogP contribution in [0.1, 0.15) is 69.8 Å². The molecule has 2 N–H and O–H groups in total. The van der Waals surface area contributed by atoms with Gasteiger partial charge in [0.05, 0.1) is 39.4 Å². The highest BCUT2D eigenvalue weighted by Crippen LogP contribution is 2.28. The van der Waals surface area contributed by atoms with Gasteiger partial charge in [0.2, 0.25) is 11.6 Å². The summed E-state index contributed by atoms with van der Waals surface area (Å²) in [5.74, 6) is -2.65. The number of benzene rings is 5. The van der Waals surface area contributed by atoms with Crippen LogP contribution in [0.25, 0.3) is 17.1 Å². The van der Waals surface area contributed by atoms with Gasteiger partial charge in [0.15, 0.2) is 11.4 Å². The predicted molar refractivity (Wildman–Crippen MR) is 221 cm³/mol. The van der Waals surface area contributed by atoms with E-state index in [1.165, 1.54) is 26.4 Å². The zero-order valence-corrected chi connectivity index (χ0v) is 31.8. The number of aromatic nitrogens is 6. The number of hydrogen-bond donors (Lipinski definition) is 2. The number of para-hydroxylation sites is 3. The fourth-order valence-corrected chi connectivity index (χ4v) is 6.51. The second-order valence-corrected chi connectivity index (χ2v) is 13.7. The molecule has 3 aromatic heterocycles. The standard InChI is InChI=1S/C46H36N8O4/c1-29-19-23-34(24-20-29)52-27-37(40(49-52)45(57)47-32-13-7-4-8-14-32)43(55)39-31(3)54(36-17-11-6-12-18-36)51-42(39)44(56)38-28-53(35-25-21-30(2)22-26-35)50-41(38)46(58)48-33-15-9-5-10-16-33/h4-28H,1-3H3,(H,47,57)(H,48,58). The predicted octanol–water partition coefficient (Wildman–Crippen LogP) is 8.14. The van der Waals surface area contributed by atoms with Crippen LogP contribution in [-0.2, 0) is 0 Å². The maximum Gasteiger partial charge on any atom is 0.276 e. The number of nitrogens with one attached hydrogen (secondary N) is 2. The first-order chi connectivity index (χ1) is 28.1. The molecule has 0 unspecified atom stereocenters. The summed E-state index contributed by atoms with van der Waals surface area (Å²) < 4.78 is 4.41. The highest BCUT2D eigenvalue weighted by atomic mass is 16.2. The molecule has 2 amide bonds. The molecular formula is C46H36N8O4. The molecule has 0 saturated heterocycles. The van der Waals surface area contributed by atoms with Gasteiger partial charge in [-0.3, -0.25) is 19.2 Å². The summed E-state index contributed by atoms with van der Waals surface area (Å²) in [4.78, 5) is 58.1. The van der Waals surface area contributed by atoms with E-state index < -0.39 is 23.4 Å². The molecule has 0 bridgehead atoms. The second kappa shape index (κ2) is 15.6. The number of rotatable bonds is 11. The van der Waals surface area contributed by atoms with Crippen LogP contribution in [0.3, 0.4) is 0 Å². The van der Waals surface area contributed by atoms with Crippen molar-refractivity contribution < 1.29 is 19.2 Å². The third kappa shape index (κ3) is 7.37. The Morgan fingerprint density at radius 1 is 0.448 bits per heavy atom. The highest BCUT2D eigenvalue weighted by molar-refractivity contribution is 6.24. The van der Waals surface area contributed by atoms with E-state index in [2.05, 4.69) is 20.8 Å². The first-order valence-electron chi connectivity index (χ1n) is 18.5. The van der Waals surface area contributed by atoms with Crippen molar-refractivity contribution in [2.45, 2.75) is 20.8 Å². The van der Waals surface area contributed by atoms with E-state index in [0.717, 1.165) is 11.1 Å². The molecule has 284 valence electrons. The molecule has 12 heteroatoms. The monoisotopic (exact) mass is 764 g/mol. The molecule has 8 rings (SSSR count). The average molecular weight is 765 g/mol. The normalized spacial score (nSPS) is 10.9. The van der Waals surface area contributed by atoms with Gasteiger partial charge in [0.1, 0.15) is 5.69 Å². The van der Waals surface area contributed by atoms with Crippen molar-refractivity contribution in [3.63, 3.8) is 0 Å². The number of aryl methyl sites for hydroxylation is 2. The fourth-order valence-electron chi connectivity index (χ4n) is 6.51. The lowest BCUT2D eigenvalue weighted by molar-refractivity contribution is 0.0981. The van der Waals surface area contributed by atoms with Gasteiger partial charge in [0, 0.05) is 23.8 Å². The van der Waals surface area contributed by atoms with Gasteiger partial charge in [-0.2, -0.15) is 15.3 Å². The van der Waals surface area contributed by atoms with Crippen molar-refractivity contribution in [2.24, 2.45) is 0 Å². The van der Waals surface area contributed by atoms with Crippen molar-refractivity contribution in [1.82, 2.24) is 29.3 Å². The van der Waals surface area contributed by atoms with Crippen LogP contribution in [0.5, 0.6) is 0 Å². The largest absolute Gasteiger partial charge is 0.321 e. The first-order valence-corrected chi connectivity index (χ1v) is 18.5. The molecule has 0 fully saturated rings. The number of hydrogen-bond acceptors (Lipinski definition) is 7. The lowest BCUT2D eigenvalue weighted by Crippen LogP contribution is -2.19. The van der Waals surface area contributed by atoms with E-state index in [-0.39, 0.29) is 33.8 Å². The maximum absolute atomic E-state index is 15.1. The Morgan fingerprint density at radius 3 is 1.31 bits per heavy atom. The van der Waals surface area contributed by atoms with Gasteiger partial charge < -0.3 is 10.6 Å². The minimum Gasteiger partial charge on any atom is -0.321 e. The molecule has 5 aromatic carbocycles. The van der Waals surface area contributed by atoms with Gasteiger partial charge in [-0.1, -0.05) is 90.0 Å². The molecule has 0 spiro atoms. The Kier molecular flexibility index (Phi) is 9.96. The van der Waals surface area contributed by atoms with Crippen LogP contribution in [0.2, 0.25) is 0 Å². The quantitative estimate of drug-likeness (QED) is 0.127. The summed E-state index contributed by atoms with van der Waals surface area (Å²) in [6, 6.07) is 41.6. The second-order valence-electron chi connectivity index (χ2n) is 13.7. The minimum absolute atomic E-state index is 0.0591. The zero-order chi connectivity index (χ0) is 40.3. The van der Waals surface area contributed by atoms with Gasteiger partial charge in [-0.05, 0) is 81.4 Å². The molecular weight excluding hydrogens is 729 g/mol. The van der Waals surface area contributed by atoms with Gasteiger partial charge >= 0.3 is 0 Å². The Balaban J connectivity index is 1.29. The smallest absolute Gasteiger partial charge is 0.276 e. The number of nitrogens with zero attached hydrogens (tertiary/aromatic N) is 6. The van der Waals surface area contributed by atoms with Gasteiger partial charge in [-0.25, -0.2) is 14.0 Å². The summed E-state index contributed by atoms with van der Waals surface area (Å²) in [5.41, 5.74) is 4.41. The van der Waals surface area contributed by atoms with Crippen molar-refractivity contribution in [1.29, 1.82) is 0 Å². The summed E-state index contributed by atoms with van der Waals surface area (Å²) in [6.45, 7) is 5.58. The van der Waals surface area contributed by atoms with E-state index >= 15 is 9.59 Å². The van der Waals surface area contributed by atoms with Gasteiger partial charge in [0.25, 0.3) is 11.8 Å². The summed E-state index contributed by atoms with van der Waals surface area (Å²) in [5, 5.41) is 19.6. The fraction of sp³-hybridized carbons (Fsp3) is 0.0652. The third-order valence-corrected chi connectivity index (χ3v) is 9.57. The van der Waals surface area contributed by atoms with Gasteiger partial charge in [-0.15, -0.1) is 0 Å². The Hall–Kier alpha value is -7.99. The van der Waals surface area contributed by atoms with Crippen LogP contribution >= 0.6 is 0 Å². The van der Waals surface area contributed by atoms with Crippen LogP contribution in [0.15, 0.2) is 152 Å². The van der Waals surface area contributed by atoms with Crippen molar-refractivity contribution in [2.75, 3.05) is 10.6 Å². The lowest BCUT2D eigenvalue weighted by Gasteiger charge is -2.07. The van der Waals surface area contributed by atoms with E-state index in [4.69, 9.17) is 5.10 Å². The number of carbonyl (C=O) groups is 4. The number of anilines is 2. The van der Waals surface area contributed by atoms with Crippen molar-refractivity contribution in [3.05, 3.63) is 203 Å². The summed E-state index contributed by atoms with van der Waals surface area (Å²) in [6.07, 6.45) is 2.95. The molecule has 58 heavy (non-hydrogen) atoms. The number of carbonyl (C=O) groups excluding carboxylic acids is 4. The lowest BCUT2D eigenvalue weighted by atomic mass is 9.97. The minimum atomic E-state index is -0.723. The van der Waals surface area contributed by atoms with Crippen LogP contribution < -0.4 is 10.6 Å². The number of ketones is 2. The molecule has 0 atom stereocenters. The summed E-state index contributed by atoms with van der Waals surface area (Å²) in [7, 11) is 0. The Morgan fingerprint density at radius 2 is 0.862 bits per heavy atom. The van der Waals surface area contributed by atoms with Crippen LogP contribution in [0.4, 0.5) is 11.4 Å². The first kappa shape index (κ1) is 37.0. The maximum atomic E-state index is 15.1. The number of amides is 2. The van der Waals surface area contributed by atoms with E-state index in [0.29, 0.717) is 34.1 Å². The topological polar surface area (TPSA) is 146 Å². The molecule has 0 radical (unpaired) electrons. The molecule has 0 aliphatic carbocycles. The zero-order valence-electron chi connectivity index (χ0n) is 31.8. The highest BCUT2D eigenvalue weighted by Gasteiger charge is 2.34. The average Bonchev–Trinajstić information content (AvgIpc) is 3.98. The molecule has 12 nitrogen and oxygen atoms in total. The van der Waals surface area contributed by atoms with Crippen LogP contribution in [0, 0.1) is 20.8 Å². The van der Waals surface area contributed by atoms with E-state index in [1.807, 2.05) is 92.7 Å². The molecule has 8 aromatic rings. The summed E-state index contributed by atoms with van der Waals surface area (Å²) >= 11 is 0. The van der Waals surface area contributed by atoms with Crippen molar-refractivity contribution >= 4 is 34.8 Å². The van der Waals surface area contributed by atoms with E-state index in [1.54, 1.807) is 67.6 Å². The SMILES string of the molecule is Cc1ccc(-n2cc(C(=O)c3nn(-c4ccccc4)c(C)c3C(=O)c3cn(-c4ccc(C)cc4)nc3C(=O)Nc3ccccc3)c(C(=O)Nc3ccccc3)n2)cc1. The Labute approximate surface area is 333 Å². The Bertz CT molecular complexity index is 2810. The van der Waals surface area contributed by atoms with Crippen LogP contribution in [-0.4, -0.2) is 52.7 Å². The molecule has 0 saturated carbocycles. The van der Waals surface area contributed by atoms with Crippen molar-refractivity contribution in [3.8, 4) is 17.1 Å². The van der Waals surface area contributed by atoms with E-state index in [9.17, 15) is 9.59 Å². The molecule has 0 aliphatic heterocycles. The molecule has 0 aliphatic rings.